The van der Waals surface area contributed by atoms with Gasteiger partial charge in [0.2, 0.25) is 5.91 Å². The van der Waals surface area contributed by atoms with E-state index in [9.17, 15) is 9.18 Å². The van der Waals surface area contributed by atoms with Gasteiger partial charge in [-0.3, -0.25) is 4.79 Å². The Hall–Kier alpha value is -1.95. The Morgan fingerprint density at radius 3 is 3.05 bits per heavy atom. The normalized spacial score (nSPS) is 20.0. The number of nitrogens with zero attached hydrogens (tertiary/aromatic N) is 3. The highest BCUT2D eigenvalue weighted by molar-refractivity contribution is 6.31. The van der Waals surface area contributed by atoms with Crippen LogP contribution in [0.3, 0.4) is 0 Å². The van der Waals surface area contributed by atoms with Gasteiger partial charge in [0.05, 0.1) is 0 Å². The highest BCUT2D eigenvalue weighted by Gasteiger charge is 2.46. The quantitative estimate of drug-likeness (QED) is 0.919. The monoisotopic (exact) mass is 322 g/mol. The van der Waals surface area contributed by atoms with E-state index in [0.717, 1.165) is 5.82 Å². The number of rotatable bonds is 5. The van der Waals surface area contributed by atoms with Gasteiger partial charge in [0.15, 0.2) is 0 Å². The molecule has 116 valence electrons. The largest absolute Gasteiger partial charge is 0.354 e. The van der Waals surface area contributed by atoms with Crippen LogP contribution in [-0.2, 0) is 11.3 Å². The summed E-state index contributed by atoms with van der Waals surface area (Å²) in [5, 5.41) is 10.9. The fourth-order valence-corrected chi connectivity index (χ4v) is 2.93. The maximum atomic E-state index is 13.8. The topological polar surface area (TPSA) is 59.8 Å². The van der Waals surface area contributed by atoms with Crippen LogP contribution in [0.1, 0.15) is 23.7 Å². The molecule has 3 rings (SSSR count). The molecule has 0 unspecified atom stereocenters. The summed E-state index contributed by atoms with van der Waals surface area (Å²) in [4.78, 5) is 12.1. The number of carbonyl (C=O) groups is 1. The van der Waals surface area contributed by atoms with Crippen LogP contribution in [-0.4, -0.2) is 27.2 Å². The van der Waals surface area contributed by atoms with Gasteiger partial charge in [0.25, 0.3) is 0 Å². The molecule has 1 aromatic carbocycles. The van der Waals surface area contributed by atoms with Gasteiger partial charge >= 0.3 is 0 Å². The average molecular weight is 323 g/mol. The number of benzene rings is 1. The number of nitrogens with one attached hydrogen (secondary N) is 1. The Balaban J connectivity index is 1.54. The molecule has 1 aromatic heterocycles. The number of carbonyl (C=O) groups excluding carboxylic acids is 1. The second-order valence-electron chi connectivity index (χ2n) is 5.45. The Morgan fingerprint density at radius 1 is 1.55 bits per heavy atom. The minimum Gasteiger partial charge on any atom is -0.354 e. The van der Waals surface area contributed by atoms with Gasteiger partial charge in [-0.05, 0) is 25.5 Å². The van der Waals surface area contributed by atoms with Crippen molar-refractivity contribution >= 4 is 17.5 Å². The molecule has 22 heavy (non-hydrogen) atoms. The molecule has 1 aliphatic rings. The van der Waals surface area contributed by atoms with Crippen LogP contribution < -0.4 is 5.32 Å². The molecule has 5 nitrogen and oxygen atoms in total. The number of halogens is 2. The van der Waals surface area contributed by atoms with E-state index >= 15 is 0 Å². The molecule has 1 aliphatic carbocycles. The smallest absolute Gasteiger partial charge is 0.223 e. The summed E-state index contributed by atoms with van der Waals surface area (Å²) < 4.78 is 15.7. The predicted octanol–water partition coefficient (Wildman–Crippen LogP) is 2.30. The fourth-order valence-electron chi connectivity index (χ4n) is 2.63. The van der Waals surface area contributed by atoms with Crippen molar-refractivity contribution in [1.82, 2.24) is 20.1 Å². The van der Waals surface area contributed by atoms with E-state index in [2.05, 4.69) is 15.5 Å². The molecule has 1 fully saturated rings. The van der Waals surface area contributed by atoms with Crippen LogP contribution in [0.4, 0.5) is 4.39 Å². The van der Waals surface area contributed by atoms with Crippen molar-refractivity contribution in [3.63, 3.8) is 0 Å². The number of aryl methyl sites for hydroxylation is 1. The summed E-state index contributed by atoms with van der Waals surface area (Å²) in [5.74, 6) is 0.0846. The molecule has 0 radical (unpaired) electrons. The molecule has 2 atom stereocenters. The molecule has 2 aromatic rings. The minimum absolute atomic E-state index is 0.0601. The summed E-state index contributed by atoms with van der Waals surface area (Å²) in [7, 11) is 0. The first kappa shape index (κ1) is 15.0. The highest BCUT2D eigenvalue weighted by atomic mass is 35.5. The predicted molar refractivity (Wildman–Crippen MR) is 80.0 cm³/mol. The van der Waals surface area contributed by atoms with Crippen LogP contribution in [0.5, 0.6) is 0 Å². The number of amides is 1. The molecule has 1 amide bonds. The third-order valence-electron chi connectivity index (χ3n) is 3.96. The first-order valence-electron chi connectivity index (χ1n) is 7.14. The van der Waals surface area contributed by atoms with Crippen molar-refractivity contribution in [3.05, 3.63) is 46.8 Å². The number of aromatic nitrogens is 3. The molecule has 7 heteroatoms. The van der Waals surface area contributed by atoms with Crippen LogP contribution in [0.15, 0.2) is 24.5 Å². The van der Waals surface area contributed by atoms with Gasteiger partial charge in [-0.2, -0.15) is 0 Å². The van der Waals surface area contributed by atoms with E-state index in [1.165, 1.54) is 6.07 Å². The van der Waals surface area contributed by atoms with E-state index < -0.39 is 0 Å². The van der Waals surface area contributed by atoms with Crippen molar-refractivity contribution < 1.29 is 9.18 Å². The summed E-state index contributed by atoms with van der Waals surface area (Å²) in [6.45, 7) is 2.96. The van der Waals surface area contributed by atoms with Gasteiger partial charge in [-0.1, -0.05) is 17.7 Å². The van der Waals surface area contributed by atoms with Crippen LogP contribution in [0.2, 0.25) is 5.02 Å². The lowest BCUT2D eigenvalue weighted by Gasteiger charge is -2.07. The minimum atomic E-state index is -0.340. The maximum Gasteiger partial charge on any atom is 0.223 e. The average Bonchev–Trinajstić information content (AvgIpc) is 3.15. The molecule has 0 bridgehead atoms. The summed E-state index contributed by atoms with van der Waals surface area (Å²) in [5.41, 5.74) is 0.457. The fraction of sp³-hybridized carbons (Fsp3) is 0.400. The second kappa shape index (κ2) is 6.04. The number of hydrogen-bond donors (Lipinski definition) is 1. The molecule has 1 N–H and O–H groups in total. The van der Waals surface area contributed by atoms with Crippen molar-refractivity contribution in [2.45, 2.75) is 25.8 Å². The van der Waals surface area contributed by atoms with Gasteiger partial charge < -0.3 is 9.88 Å². The van der Waals surface area contributed by atoms with Crippen LogP contribution >= 0.6 is 11.6 Å². The van der Waals surface area contributed by atoms with Crippen molar-refractivity contribution in [2.75, 3.05) is 6.54 Å². The van der Waals surface area contributed by atoms with E-state index in [-0.39, 0.29) is 23.6 Å². The van der Waals surface area contributed by atoms with Crippen LogP contribution in [0.25, 0.3) is 0 Å². The third-order valence-corrected chi connectivity index (χ3v) is 4.29. The lowest BCUT2D eigenvalue weighted by molar-refractivity contribution is -0.122. The van der Waals surface area contributed by atoms with Crippen molar-refractivity contribution in [3.8, 4) is 0 Å². The Bertz CT molecular complexity index is 682. The maximum absolute atomic E-state index is 13.8. The zero-order chi connectivity index (χ0) is 15.7. The Labute approximate surface area is 132 Å². The summed E-state index contributed by atoms with van der Waals surface area (Å²) >= 11 is 6.03. The molecular formula is C15H16ClFN4O. The molecular weight excluding hydrogens is 307 g/mol. The molecule has 0 saturated heterocycles. The summed E-state index contributed by atoms with van der Waals surface area (Å²) in [6, 6.07) is 4.60. The van der Waals surface area contributed by atoms with Gasteiger partial charge in [-0.25, -0.2) is 4.39 Å². The van der Waals surface area contributed by atoms with E-state index in [4.69, 9.17) is 11.6 Å². The van der Waals surface area contributed by atoms with Gasteiger partial charge in [0, 0.05) is 35.5 Å². The second-order valence-corrected chi connectivity index (χ2v) is 5.85. The van der Waals surface area contributed by atoms with E-state index in [0.29, 0.717) is 30.1 Å². The molecule has 0 aliphatic heterocycles. The third kappa shape index (κ3) is 2.97. The Morgan fingerprint density at radius 2 is 2.36 bits per heavy atom. The summed E-state index contributed by atoms with van der Waals surface area (Å²) in [6.07, 6.45) is 2.26. The molecule has 1 saturated carbocycles. The van der Waals surface area contributed by atoms with E-state index in [1.54, 1.807) is 18.5 Å². The van der Waals surface area contributed by atoms with Crippen molar-refractivity contribution in [1.29, 1.82) is 0 Å². The molecule has 1 heterocycles. The highest BCUT2D eigenvalue weighted by Crippen LogP contribution is 2.50. The number of hydrogen-bond acceptors (Lipinski definition) is 3. The van der Waals surface area contributed by atoms with Gasteiger partial charge in [0.1, 0.15) is 18.0 Å². The van der Waals surface area contributed by atoms with Crippen molar-refractivity contribution in [2.24, 2.45) is 5.92 Å². The first-order valence-corrected chi connectivity index (χ1v) is 7.51. The Kier molecular flexibility index (Phi) is 4.11. The van der Waals surface area contributed by atoms with Gasteiger partial charge in [-0.15, -0.1) is 10.2 Å². The van der Waals surface area contributed by atoms with Crippen LogP contribution in [0, 0.1) is 18.7 Å². The zero-order valence-corrected chi connectivity index (χ0v) is 12.8. The SMILES string of the molecule is Cc1nncn1CCNC(=O)[C@@H]1C[C@H]1c1c(F)cccc1Cl. The molecule has 0 spiro atoms. The van der Waals surface area contributed by atoms with E-state index in [1.807, 2.05) is 11.5 Å². The first-order chi connectivity index (χ1) is 10.6. The lowest BCUT2D eigenvalue weighted by atomic mass is 10.1. The standard InChI is InChI=1S/C15H16ClFN4O/c1-9-20-19-8-21(9)6-5-18-15(22)11-7-10(11)14-12(16)3-2-4-13(14)17/h2-4,8,10-11H,5-7H2,1H3,(H,18,22)/t10-,11-/m1/s1. The lowest BCUT2D eigenvalue weighted by Crippen LogP contribution is -2.29. The zero-order valence-electron chi connectivity index (χ0n) is 12.1.